The predicted octanol–water partition coefficient (Wildman–Crippen LogP) is 3.13. The molecule has 0 radical (unpaired) electrons. The minimum Gasteiger partial charge on any atom is -0.497 e. The summed E-state index contributed by atoms with van der Waals surface area (Å²) in [4.78, 5) is 35.2. The minimum absolute atomic E-state index is 0.0470. The standard InChI is InChI=1S/C22H23N5O5S/c1-14(23-20(29)11-15-7-9-18(32-3)10-8-15)21-24-25-22(26(21)2)33-13-19(28)16-5-4-6-17(12-16)27(30)31/h4-10,12,14H,11,13H2,1-3H3,(H,23,29)/t14-/m1/s1. The molecule has 3 aromatic rings. The third-order valence-electron chi connectivity index (χ3n) is 4.87. The fourth-order valence-corrected chi connectivity index (χ4v) is 3.93. The molecule has 172 valence electrons. The van der Waals surface area contributed by atoms with Gasteiger partial charge in [-0.25, -0.2) is 0 Å². The molecule has 1 heterocycles. The quantitative estimate of drug-likeness (QED) is 0.207. The van der Waals surface area contributed by atoms with Gasteiger partial charge in [-0.2, -0.15) is 0 Å². The number of nitrogens with one attached hydrogen (secondary N) is 1. The Balaban J connectivity index is 1.57. The normalized spacial score (nSPS) is 11.6. The molecule has 1 amide bonds. The van der Waals surface area contributed by atoms with Gasteiger partial charge in [-0.15, -0.1) is 10.2 Å². The summed E-state index contributed by atoms with van der Waals surface area (Å²) in [6, 6.07) is 12.5. The van der Waals surface area contributed by atoms with Crippen LogP contribution in [0.1, 0.15) is 34.7 Å². The van der Waals surface area contributed by atoms with E-state index in [4.69, 9.17) is 4.74 Å². The van der Waals surface area contributed by atoms with Gasteiger partial charge < -0.3 is 14.6 Å². The third kappa shape index (κ3) is 6.16. The van der Waals surface area contributed by atoms with Crippen LogP contribution in [-0.4, -0.2) is 44.2 Å². The highest BCUT2D eigenvalue weighted by Crippen LogP contribution is 2.22. The molecule has 0 fully saturated rings. The van der Waals surface area contributed by atoms with Gasteiger partial charge in [-0.05, 0) is 24.6 Å². The second-order valence-electron chi connectivity index (χ2n) is 7.23. The van der Waals surface area contributed by atoms with Crippen LogP contribution in [-0.2, 0) is 18.3 Å². The van der Waals surface area contributed by atoms with E-state index in [1.807, 2.05) is 12.1 Å². The maximum absolute atomic E-state index is 12.4. The Morgan fingerprint density at radius 3 is 2.61 bits per heavy atom. The fourth-order valence-electron chi connectivity index (χ4n) is 3.12. The van der Waals surface area contributed by atoms with Crippen molar-refractivity contribution in [3.8, 4) is 5.75 Å². The SMILES string of the molecule is COc1ccc(CC(=O)N[C@H](C)c2nnc(SCC(=O)c3cccc([N+](=O)[O-])c3)n2C)cc1. The monoisotopic (exact) mass is 469 g/mol. The maximum Gasteiger partial charge on any atom is 0.270 e. The number of nitro groups is 1. The van der Waals surface area contributed by atoms with Gasteiger partial charge in [0.1, 0.15) is 5.75 Å². The maximum atomic E-state index is 12.4. The average Bonchev–Trinajstić information content (AvgIpc) is 3.18. The van der Waals surface area contributed by atoms with Crippen LogP contribution >= 0.6 is 11.8 Å². The number of nitrogens with zero attached hydrogens (tertiary/aromatic N) is 4. The summed E-state index contributed by atoms with van der Waals surface area (Å²) in [5.41, 5.74) is 0.985. The molecule has 33 heavy (non-hydrogen) atoms. The number of methoxy groups -OCH3 is 1. The molecule has 0 aliphatic carbocycles. The van der Waals surface area contributed by atoms with Crippen molar-refractivity contribution in [2.24, 2.45) is 7.05 Å². The predicted molar refractivity (Wildman–Crippen MR) is 122 cm³/mol. The van der Waals surface area contributed by atoms with E-state index in [1.165, 1.54) is 30.0 Å². The smallest absolute Gasteiger partial charge is 0.270 e. The van der Waals surface area contributed by atoms with Crippen LogP contribution in [0.5, 0.6) is 5.75 Å². The lowest BCUT2D eigenvalue weighted by Gasteiger charge is -2.14. The lowest BCUT2D eigenvalue weighted by atomic mass is 10.1. The zero-order valence-electron chi connectivity index (χ0n) is 18.3. The molecule has 0 unspecified atom stereocenters. The Kier molecular flexibility index (Phi) is 7.78. The van der Waals surface area contributed by atoms with Gasteiger partial charge in [0.05, 0.1) is 30.2 Å². The number of benzene rings is 2. The summed E-state index contributed by atoms with van der Waals surface area (Å²) < 4.78 is 6.83. The highest BCUT2D eigenvalue weighted by Gasteiger charge is 2.19. The topological polar surface area (TPSA) is 129 Å². The van der Waals surface area contributed by atoms with Crippen LogP contribution in [0, 0.1) is 10.1 Å². The number of amides is 1. The van der Waals surface area contributed by atoms with E-state index in [2.05, 4.69) is 15.5 Å². The first-order valence-electron chi connectivity index (χ1n) is 10.0. The molecule has 1 atom stereocenters. The van der Waals surface area contributed by atoms with Crippen LogP contribution in [0.2, 0.25) is 0 Å². The van der Waals surface area contributed by atoms with Crippen LogP contribution in [0.3, 0.4) is 0 Å². The second kappa shape index (κ2) is 10.7. The number of rotatable bonds is 10. The van der Waals surface area contributed by atoms with Crippen molar-refractivity contribution >= 4 is 29.1 Å². The highest BCUT2D eigenvalue weighted by molar-refractivity contribution is 7.99. The highest BCUT2D eigenvalue weighted by atomic mass is 32.2. The summed E-state index contributed by atoms with van der Waals surface area (Å²) in [7, 11) is 3.34. The van der Waals surface area contributed by atoms with Gasteiger partial charge in [0.25, 0.3) is 5.69 Å². The van der Waals surface area contributed by atoms with Gasteiger partial charge in [0.15, 0.2) is 16.8 Å². The summed E-state index contributed by atoms with van der Waals surface area (Å²) >= 11 is 1.17. The molecule has 2 aromatic carbocycles. The summed E-state index contributed by atoms with van der Waals surface area (Å²) in [6.07, 6.45) is 0.214. The number of carbonyl (C=O) groups excluding carboxylic acids is 2. The second-order valence-corrected chi connectivity index (χ2v) is 8.18. The summed E-state index contributed by atoms with van der Waals surface area (Å²) in [6.45, 7) is 1.80. The number of ether oxygens (including phenoxy) is 1. The van der Waals surface area contributed by atoms with E-state index in [0.29, 0.717) is 11.0 Å². The molecule has 1 aromatic heterocycles. The van der Waals surface area contributed by atoms with Crippen LogP contribution < -0.4 is 10.1 Å². The van der Waals surface area contributed by atoms with Gasteiger partial charge >= 0.3 is 0 Å². The van der Waals surface area contributed by atoms with E-state index in [9.17, 15) is 19.7 Å². The number of ketones is 1. The molecule has 11 heteroatoms. The molecule has 0 aliphatic heterocycles. The number of aromatic nitrogens is 3. The van der Waals surface area contributed by atoms with Crippen molar-refractivity contribution < 1.29 is 19.2 Å². The Labute approximate surface area is 194 Å². The van der Waals surface area contributed by atoms with Crippen molar-refractivity contribution in [3.63, 3.8) is 0 Å². The molecule has 3 rings (SSSR count). The Hall–Kier alpha value is -3.73. The molecule has 10 nitrogen and oxygen atoms in total. The van der Waals surface area contributed by atoms with Gasteiger partial charge in [-0.3, -0.25) is 19.7 Å². The van der Waals surface area contributed by atoms with Crippen LogP contribution in [0.4, 0.5) is 5.69 Å². The first kappa shape index (κ1) is 23.9. The van der Waals surface area contributed by atoms with E-state index >= 15 is 0 Å². The zero-order valence-corrected chi connectivity index (χ0v) is 19.2. The first-order chi connectivity index (χ1) is 15.8. The van der Waals surface area contributed by atoms with E-state index in [-0.39, 0.29) is 35.1 Å². The molecule has 0 aliphatic rings. The number of hydrogen-bond acceptors (Lipinski definition) is 8. The van der Waals surface area contributed by atoms with Crippen molar-refractivity contribution in [3.05, 3.63) is 75.6 Å². The number of non-ortho nitro benzene ring substituents is 1. The molecule has 1 N–H and O–H groups in total. The molecule has 0 spiro atoms. The lowest BCUT2D eigenvalue weighted by molar-refractivity contribution is -0.384. The van der Waals surface area contributed by atoms with Crippen LogP contribution in [0.15, 0.2) is 53.7 Å². The zero-order chi connectivity index (χ0) is 24.0. The minimum atomic E-state index is -0.538. The number of thioether (sulfide) groups is 1. The number of Topliss-reactive ketones (excluding diaryl/α,β-unsaturated/α-hetero) is 1. The Morgan fingerprint density at radius 1 is 1.21 bits per heavy atom. The molecular weight excluding hydrogens is 446 g/mol. The summed E-state index contributed by atoms with van der Waals surface area (Å²) in [5.74, 6) is 0.898. The molecule has 0 saturated heterocycles. The number of nitro benzene ring substituents is 1. The first-order valence-corrected chi connectivity index (χ1v) is 11.0. The van der Waals surface area contributed by atoms with Crippen molar-refractivity contribution in [2.45, 2.75) is 24.5 Å². The Morgan fingerprint density at radius 2 is 1.94 bits per heavy atom. The molecule has 0 saturated carbocycles. The largest absolute Gasteiger partial charge is 0.497 e. The molecular formula is C22H23N5O5S. The van der Waals surface area contributed by atoms with E-state index < -0.39 is 11.0 Å². The fraction of sp³-hybridized carbons (Fsp3) is 0.273. The van der Waals surface area contributed by atoms with Gasteiger partial charge in [0.2, 0.25) is 5.91 Å². The lowest BCUT2D eigenvalue weighted by Crippen LogP contribution is -2.29. The third-order valence-corrected chi connectivity index (χ3v) is 5.89. The van der Waals surface area contributed by atoms with Crippen molar-refractivity contribution in [2.75, 3.05) is 12.9 Å². The average molecular weight is 470 g/mol. The van der Waals surface area contributed by atoms with Gasteiger partial charge in [-0.1, -0.05) is 36.0 Å². The number of hydrogen-bond donors (Lipinski definition) is 1. The molecule has 0 bridgehead atoms. The van der Waals surface area contributed by atoms with Gasteiger partial charge in [0, 0.05) is 24.7 Å². The van der Waals surface area contributed by atoms with E-state index in [1.54, 1.807) is 43.8 Å². The van der Waals surface area contributed by atoms with Crippen molar-refractivity contribution in [1.29, 1.82) is 0 Å². The number of carbonyl (C=O) groups is 2. The van der Waals surface area contributed by atoms with Crippen molar-refractivity contribution in [1.82, 2.24) is 20.1 Å². The van der Waals surface area contributed by atoms with Crippen LogP contribution in [0.25, 0.3) is 0 Å². The Bertz CT molecular complexity index is 1160. The summed E-state index contributed by atoms with van der Waals surface area (Å²) in [5, 5.41) is 22.6. The van der Waals surface area contributed by atoms with E-state index in [0.717, 1.165) is 11.3 Å².